The predicted molar refractivity (Wildman–Crippen MR) is 79.0 cm³/mol. The summed E-state index contributed by atoms with van der Waals surface area (Å²) < 4.78 is 2.02. The lowest BCUT2D eigenvalue weighted by Crippen LogP contribution is -2.02. The van der Waals surface area contributed by atoms with Crippen molar-refractivity contribution in [3.8, 4) is 5.69 Å². The summed E-state index contributed by atoms with van der Waals surface area (Å²) in [6, 6.07) is 5.99. The van der Waals surface area contributed by atoms with Crippen molar-refractivity contribution in [2.24, 2.45) is 0 Å². The Labute approximate surface area is 118 Å². The van der Waals surface area contributed by atoms with Gasteiger partial charge in [-0.05, 0) is 37.1 Å². The van der Waals surface area contributed by atoms with Crippen LogP contribution in [0.2, 0.25) is 0 Å². The Kier molecular flexibility index (Phi) is 4.35. The van der Waals surface area contributed by atoms with Crippen molar-refractivity contribution in [1.29, 1.82) is 0 Å². The minimum absolute atomic E-state index is 0.878. The van der Waals surface area contributed by atoms with Crippen molar-refractivity contribution in [3.63, 3.8) is 0 Å². The van der Waals surface area contributed by atoms with Gasteiger partial charge in [-0.25, -0.2) is 9.78 Å². The summed E-state index contributed by atoms with van der Waals surface area (Å²) in [6.07, 6.45) is 8.38. The van der Waals surface area contributed by atoms with Crippen LogP contribution >= 0.6 is 0 Å². The fraction of sp³-hybridized carbons (Fsp3) is 0.250. The van der Waals surface area contributed by atoms with Gasteiger partial charge in [-0.1, -0.05) is 18.6 Å². The van der Waals surface area contributed by atoms with Crippen LogP contribution in [0.5, 0.6) is 0 Å². The number of hydrogen-bond donors (Lipinski definition) is 1. The second kappa shape index (κ2) is 6.19. The van der Waals surface area contributed by atoms with Crippen molar-refractivity contribution in [3.05, 3.63) is 53.6 Å². The summed E-state index contributed by atoms with van der Waals surface area (Å²) in [5.41, 5.74) is 2.92. The summed E-state index contributed by atoms with van der Waals surface area (Å²) in [7, 11) is 0. The maximum absolute atomic E-state index is 10.7. The molecule has 0 aliphatic rings. The van der Waals surface area contributed by atoms with Gasteiger partial charge in [-0.3, -0.25) is 0 Å². The number of rotatable bonds is 5. The molecule has 1 heterocycles. The minimum atomic E-state index is -0.947. The first-order chi connectivity index (χ1) is 9.61. The lowest BCUT2D eigenvalue weighted by atomic mass is 10.1. The van der Waals surface area contributed by atoms with E-state index in [-0.39, 0.29) is 0 Å². The molecule has 104 valence electrons. The molecule has 0 bridgehead atoms. The molecule has 2 aromatic rings. The summed E-state index contributed by atoms with van der Waals surface area (Å²) >= 11 is 0. The number of benzene rings is 1. The Balaban J connectivity index is 2.50. The Bertz CT molecular complexity index is 642. The molecule has 0 fully saturated rings. The van der Waals surface area contributed by atoms with Crippen LogP contribution in [0.1, 0.15) is 30.3 Å². The van der Waals surface area contributed by atoms with Gasteiger partial charge in [-0.15, -0.1) is 0 Å². The molecule has 2 rings (SSSR count). The van der Waals surface area contributed by atoms with Crippen molar-refractivity contribution in [1.82, 2.24) is 9.55 Å². The fourth-order valence-electron chi connectivity index (χ4n) is 2.15. The predicted octanol–water partition coefficient (Wildman–Crippen LogP) is 3.23. The molecule has 0 aliphatic carbocycles. The van der Waals surface area contributed by atoms with E-state index in [1.54, 1.807) is 12.3 Å². The van der Waals surface area contributed by atoms with Gasteiger partial charge in [0.2, 0.25) is 0 Å². The zero-order chi connectivity index (χ0) is 14.5. The fourth-order valence-corrected chi connectivity index (χ4v) is 2.15. The molecule has 0 amide bonds. The average molecular weight is 270 g/mol. The van der Waals surface area contributed by atoms with Crippen molar-refractivity contribution >= 4 is 12.0 Å². The number of carbonyl (C=O) groups is 1. The summed E-state index contributed by atoms with van der Waals surface area (Å²) in [4.78, 5) is 15.1. The van der Waals surface area contributed by atoms with Crippen LogP contribution in [0.3, 0.4) is 0 Å². The highest BCUT2D eigenvalue weighted by Gasteiger charge is 2.08. The van der Waals surface area contributed by atoms with Crippen LogP contribution in [-0.4, -0.2) is 20.6 Å². The van der Waals surface area contributed by atoms with Gasteiger partial charge in [0.1, 0.15) is 5.82 Å². The van der Waals surface area contributed by atoms with E-state index in [0.29, 0.717) is 0 Å². The van der Waals surface area contributed by atoms with E-state index in [2.05, 4.69) is 11.9 Å². The quantitative estimate of drug-likeness (QED) is 0.849. The second-order valence-corrected chi connectivity index (χ2v) is 4.70. The Morgan fingerprint density at radius 2 is 2.25 bits per heavy atom. The van der Waals surface area contributed by atoms with Crippen molar-refractivity contribution < 1.29 is 9.90 Å². The zero-order valence-corrected chi connectivity index (χ0v) is 11.7. The molecule has 0 unspecified atom stereocenters. The van der Waals surface area contributed by atoms with Gasteiger partial charge in [0.15, 0.2) is 0 Å². The lowest BCUT2D eigenvalue weighted by Gasteiger charge is -2.11. The number of aryl methyl sites for hydroxylation is 2. The first kappa shape index (κ1) is 14.1. The van der Waals surface area contributed by atoms with E-state index < -0.39 is 5.97 Å². The van der Waals surface area contributed by atoms with E-state index in [1.807, 2.05) is 35.9 Å². The number of imidazole rings is 1. The number of aliphatic carboxylic acids is 1. The largest absolute Gasteiger partial charge is 0.478 e. The van der Waals surface area contributed by atoms with Crippen LogP contribution in [0, 0.1) is 6.92 Å². The molecular formula is C16H18N2O2. The highest BCUT2D eigenvalue weighted by molar-refractivity contribution is 5.86. The van der Waals surface area contributed by atoms with E-state index in [0.717, 1.165) is 41.6 Å². The highest BCUT2D eigenvalue weighted by atomic mass is 16.4. The third kappa shape index (κ3) is 3.15. The zero-order valence-electron chi connectivity index (χ0n) is 11.7. The first-order valence-electron chi connectivity index (χ1n) is 6.66. The number of carboxylic acids is 1. The van der Waals surface area contributed by atoms with Crippen molar-refractivity contribution in [2.45, 2.75) is 26.7 Å². The van der Waals surface area contributed by atoms with Gasteiger partial charge in [0, 0.05) is 24.9 Å². The number of hydrogen-bond acceptors (Lipinski definition) is 2. The number of carboxylic acid groups (broad SMARTS) is 1. The van der Waals surface area contributed by atoms with Gasteiger partial charge < -0.3 is 9.67 Å². The van der Waals surface area contributed by atoms with E-state index in [1.165, 1.54) is 0 Å². The third-order valence-electron chi connectivity index (χ3n) is 3.04. The monoisotopic (exact) mass is 270 g/mol. The van der Waals surface area contributed by atoms with Crippen LogP contribution in [0.4, 0.5) is 0 Å². The smallest absolute Gasteiger partial charge is 0.328 e. The molecule has 4 nitrogen and oxygen atoms in total. The van der Waals surface area contributed by atoms with Gasteiger partial charge in [-0.2, -0.15) is 0 Å². The SMILES string of the molecule is CCCc1nccn1-c1ccc(C)cc1/C=C/C(=O)O. The van der Waals surface area contributed by atoms with Crippen LogP contribution in [0.25, 0.3) is 11.8 Å². The first-order valence-corrected chi connectivity index (χ1v) is 6.66. The molecule has 0 saturated carbocycles. The molecule has 0 spiro atoms. The molecule has 0 saturated heterocycles. The number of nitrogens with zero attached hydrogens (tertiary/aromatic N) is 2. The van der Waals surface area contributed by atoms with Gasteiger partial charge >= 0.3 is 5.97 Å². The molecular weight excluding hydrogens is 252 g/mol. The second-order valence-electron chi connectivity index (χ2n) is 4.70. The topological polar surface area (TPSA) is 55.1 Å². The minimum Gasteiger partial charge on any atom is -0.478 e. The summed E-state index contributed by atoms with van der Waals surface area (Å²) in [5.74, 6) is 0.0400. The van der Waals surface area contributed by atoms with Gasteiger partial charge in [0.25, 0.3) is 0 Å². The molecule has 4 heteroatoms. The molecule has 0 aliphatic heterocycles. The Morgan fingerprint density at radius 3 is 2.95 bits per heavy atom. The normalized spacial score (nSPS) is 11.1. The van der Waals surface area contributed by atoms with Gasteiger partial charge in [0.05, 0.1) is 5.69 Å². The van der Waals surface area contributed by atoms with E-state index in [9.17, 15) is 4.79 Å². The highest BCUT2D eigenvalue weighted by Crippen LogP contribution is 2.20. The molecule has 1 aromatic carbocycles. The van der Waals surface area contributed by atoms with E-state index >= 15 is 0 Å². The average Bonchev–Trinajstić information content (AvgIpc) is 2.85. The molecule has 20 heavy (non-hydrogen) atoms. The molecule has 0 radical (unpaired) electrons. The third-order valence-corrected chi connectivity index (χ3v) is 3.04. The summed E-state index contributed by atoms with van der Waals surface area (Å²) in [5, 5.41) is 8.80. The van der Waals surface area contributed by atoms with Crippen LogP contribution < -0.4 is 0 Å². The lowest BCUT2D eigenvalue weighted by molar-refractivity contribution is -0.131. The molecule has 1 aromatic heterocycles. The molecule has 0 atom stereocenters. The Hall–Kier alpha value is -2.36. The maximum Gasteiger partial charge on any atom is 0.328 e. The summed E-state index contributed by atoms with van der Waals surface area (Å²) in [6.45, 7) is 4.10. The van der Waals surface area contributed by atoms with Crippen LogP contribution in [-0.2, 0) is 11.2 Å². The maximum atomic E-state index is 10.7. The van der Waals surface area contributed by atoms with E-state index in [4.69, 9.17) is 5.11 Å². The number of aromatic nitrogens is 2. The standard InChI is InChI=1S/C16H18N2O2/c1-3-4-15-17-9-10-18(15)14-7-5-12(2)11-13(14)6-8-16(19)20/h5-11H,3-4H2,1-2H3,(H,19,20)/b8-6+. The van der Waals surface area contributed by atoms with Crippen LogP contribution in [0.15, 0.2) is 36.7 Å². The Morgan fingerprint density at radius 1 is 1.45 bits per heavy atom. The van der Waals surface area contributed by atoms with Crippen molar-refractivity contribution in [2.75, 3.05) is 0 Å². The molecule has 1 N–H and O–H groups in total.